The number of aryl methyl sites for hydroxylation is 1. The van der Waals surface area contributed by atoms with Crippen LogP contribution in [-0.2, 0) is 21.2 Å². The molecule has 1 unspecified atom stereocenters. The summed E-state index contributed by atoms with van der Waals surface area (Å²) in [4.78, 5) is 28.8. The highest BCUT2D eigenvalue weighted by atomic mass is 35.5. The fourth-order valence-electron chi connectivity index (χ4n) is 3.13. The Kier molecular flexibility index (Phi) is 7.64. The van der Waals surface area contributed by atoms with Gasteiger partial charge in [-0.2, -0.15) is 4.31 Å². The van der Waals surface area contributed by atoms with E-state index < -0.39 is 27.6 Å². The minimum Gasteiger partial charge on any atom is -0.338 e. The van der Waals surface area contributed by atoms with Crippen molar-refractivity contribution >= 4 is 34.0 Å². The number of rotatable bonds is 9. The number of carbonyl (C=O) groups excluding carboxylic acids is 1. The molecule has 1 fully saturated rings. The monoisotopic (exact) mass is 473 g/mol. The number of hydrogen-bond donors (Lipinski definition) is 1. The molecule has 0 aromatic carbocycles. The topological polar surface area (TPSA) is 133 Å². The Morgan fingerprint density at radius 3 is 2.32 bits per heavy atom. The minimum absolute atomic E-state index is 0.0820. The van der Waals surface area contributed by atoms with Crippen LogP contribution in [0.5, 0.6) is 0 Å². The molecular formula is C17H21ClFN7O4S. The van der Waals surface area contributed by atoms with Gasteiger partial charge in [-0.1, -0.05) is 11.6 Å². The Labute approximate surface area is 183 Å². The summed E-state index contributed by atoms with van der Waals surface area (Å²) in [6.07, 6.45) is 5.32. The first-order chi connectivity index (χ1) is 14.8. The summed E-state index contributed by atoms with van der Waals surface area (Å²) < 4.78 is 40.0. The number of nitrogens with zero attached hydrogens (tertiary/aromatic N) is 7. The zero-order chi connectivity index (χ0) is 22.4. The molecule has 0 radical (unpaired) electrons. The second-order valence-electron chi connectivity index (χ2n) is 6.86. The normalized spacial score (nSPS) is 16.2. The third-order valence-corrected chi connectivity index (χ3v) is 6.93. The lowest BCUT2D eigenvalue weighted by atomic mass is 10.2. The van der Waals surface area contributed by atoms with Crippen molar-refractivity contribution in [1.29, 1.82) is 0 Å². The Morgan fingerprint density at radius 2 is 1.74 bits per heavy atom. The number of hydrogen-bond acceptors (Lipinski definition) is 9. The molecule has 0 aliphatic carbocycles. The van der Waals surface area contributed by atoms with E-state index in [2.05, 4.69) is 19.9 Å². The molecule has 0 spiro atoms. The highest BCUT2D eigenvalue weighted by molar-refractivity contribution is 7.89. The molecule has 3 heterocycles. The van der Waals surface area contributed by atoms with Gasteiger partial charge < -0.3 is 4.90 Å². The van der Waals surface area contributed by atoms with Gasteiger partial charge in [-0.05, 0) is 6.42 Å². The molecule has 3 rings (SSSR count). The van der Waals surface area contributed by atoms with Crippen molar-refractivity contribution in [2.45, 2.75) is 18.9 Å². The molecule has 14 heteroatoms. The lowest BCUT2D eigenvalue weighted by Gasteiger charge is -2.35. The van der Waals surface area contributed by atoms with Gasteiger partial charge in [-0.3, -0.25) is 10.0 Å². The number of halogens is 2. The molecule has 1 aliphatic rings. The number of carbonyl (C=O) groups is 1. The van der Waals surface area contributed by atoms with Crippen LogP contribution in [0.25, 0.3) is 0 Å². The molecule has 11 nitrogen and oxygen atoms in total. The largest absolute Gasteiger partial charge is 0.338 e. The van der Waals surface area contributed by atoms with Gasteiger partial charge in [0.1, 0.15) is 5.82 Å². The van der Waals surface area contributed by atoms with Gasteiger partial charge in [0.15, 0.2) is 5.82 Å². The molecule has 2 aromatic rings. The second kappa shape index (κ2) is 10.2. The number of sulfonamides is 1. The third-order valence-electron chi connectivity index (χ3n) is 4.78. The summed E-state index contributed by atoms with van der Waals surface area (Å²) >= 11 is 5.79. The lowest BCUT2D eigenvalue weighted by molar-refractivity contribution is -0.158. The summed E-state index contributed by atoms with van der Waals surface area (Å²) in [5, 5.41) is 10.6. The van der Waals surface area contributed by atoms with E-state index in [1.807, 2.05) is 4.90 Å². The van der Waals surface area contributed by atoms with Crippen LogP contribution >= 0.6 is 11.6 Å². The Hall–Kier alpha value is -2.48. The van der Waals surface area contributed by atoms with E-state index in [0.717, 1.165) is 12.4 Å². The molecule has 31 heavy (non-hydrogen) atoms. The Morgan fingerprint density at radius 1 is 1.13 bits per heavy atom. The van der Waals surface area contributed by atoms with Crippen molar-refractivity contribution in [3.8, 4) is 0 Å². The molecular weight excluding hydrogens is 453 g/mol. The molecule has 1 aliphatic heterocycles. The second-order valence-corrected chi connectivity index (χ2v) is 9.31. The fraction of sp³-hybridized carbons (Fsp3) is 0.471. The molecule has 1 atom stereocenters. The standard InChI is InChI=1S/C17H21ClFN7O4S/c18-13-7-22-17(23-8-13)24-3-5-25(6-4-24)31(29,30)11-15(26(28)12-27)1-2-16-20-9-14(19)10-21-16/h7-10,12,15,28H,1-6,11H2. The third kappa shape index (κ3) is 6.26. The highest BCUT2D eigenvalue weighted by Crippen LogP contribution is 2.17. The first kappa shape index (κ1) is 23.2. The van der Waals surface area contributed by atoms with E-state index >= 15 is 0 Å². The quantitative estimate of drug-likeness (QED) is 0.311. The minimum atomic E-state index is -3.78. The summed E-state index contributed by atoms with van der Waals surface area (Å²) in [5.41, 5.74) is 0. The van der Waals surface area contributed by atoms with Crippen LogP contribution in [-0.4, -0.2) is 87.3 Å². The van der Waals surface area contributed by atoms with Gasteiger partial charge in [0.25, 0.3) is 0 Å². The maximum Gasteiger partial charge on any atom is 0.233 e. The van der Waals surface area contributed by atoms with Crippen LogP contribution in [0.15, 0.2) is 24.8 Å². The van der Waals surface area contributed by atoms with Gasteiger partial charge in [0.2, 0.25) is 22.4 Å². The molecule has 2 aromatic heterocycles. The zero-order valence-electron chi connectivity index (χ0n) is 16.4. The zero-order valence-corrected chi connectivity index (χ0v) is 18.0. The number of amides is 1. The lowest BCUT2D eigenvalue weighted by Crippen LogP contribution is -2.51. The Balaban J connectivity index is 1.60. The maximum absolute atomic E-state index is 12.9. The van der Waals surface area contributed by atoms with E-state index in [-0.39, 0.29) is 38.2 Å². The van der Waals surface area contributed by atoms with Crippen LogP contribution in [0.2, 0.25) is 5.02 Å². The number of piperazine rings is 1. The fourth-order valence-corrected chi connectivity index (χ4v) is 4.96. The average Bonchev–Trinajstić information content (AvgIpc) is 2.77. The molecule has 1 amide bonds. The highest BCUT2D eigenvalue weighted by Gasteiger charge is 2.32. The smallest absolute Gasteiger partial charge is 0.233 e. The van der Waals surface area contributed by atoms with Gasteiger partial charge in [0, 0.05) is 32.6 Å². The van der Waals surface area contributed by atoms with Gasteiger partial charge >= 0.3 is 0 Å². The first-order valence-electron chi connectivity index (χ1n) is 9.38. The molecule has 0 saturated carbocycles. The SMILES string of the molecule is O=CN(O)C(CCc1ncc(F)cn1)CS(=O)(=O)N1CCN(c2ncc(Cl)cn2)CC1. The van der Waals surface area contributed by atoms with Crippen molar-refractivity contribution in [2.24, 2.45) is 0 Å². The molecule has 168 valence electrons. The van der Waals surface area contributed by atoms with Crippen LogP contribution in [0.3, 0.4) is 0 Å². The summed E-state index contributed by atoms with van der Waals surface area (Å²) in [5.74, 6) is -0.329. The van der Waals surface area contributed by atoms with Gasteiger partial charge in [-0.15, -0.1) is 0 Å². The van der Waals surface area contributed by atoms with Crippen molar-refractivity contribution in [2.75, 3.05) is 36.8 Å². The van der Waals surface area contributed by atoms with E-state index in [1.54, 1.807) is 0 Å². The van der Waals surface area contributed by atoms with E-state index in [9.17, 15) is 22.8 Å². The van der Waals surface area contributed by atoms with Crippen molar-refractivity contribution in [3.05, 3.63) is 41.5 Å². The molecule has 1 N–H and O–H groups in total. The van der Waals surface area contributed by atoms with E-state index in [1.165, 1.54) is 16.7 Å². The number of anilines is 1. The van der Waals surface area contributed by atoms with Crippen LogP contribution in [0, 0.1) is 5.82 Å². The first-order valence-corrected chi connectivity index (χ1v) is 11.4. The number of aromatic nitrogens is 4. The van der Waals surface area contributed by atoms with Crippen molar-refractivity contribution in [3.63, 3.8) is 0 Å². The van der Waals surface area contributed by atoms with Crippen molar-refractivity contribution < 1.29 is 22.8 Å². The maximum atomic E-state index is 12.9. The molecule has 0 bridgehead atoms. The predicted molar refractivity (Wildman–Crippen MR) is 108 cm³/mol. The number of hydroxylamine groups is 2. The summed E-state index contributed by atoms with van der Waals surface area (Å²) in [6, 6.07) is -1.01. The van der Waals surface area contributed by atoms with Crippen LogP contribution in [0.4, 0.5) is 10.3 Å². The van der Waals surface area contributed by atoms with E-state index in [4.69, 9.17) is 11.6 Å². The van der Waals surface area contributed by atoms with Gasteiger partial charge in [-0.25, -0.2) is 37.8 Å². The van der Waals surface area contributed by atoms with Crippen LogP contribution in [0.1, 0.15) is 12.2 Å². The van der Waals surface area contributed by atoms with Gasteiger partial charge in [0.05, 0.1) is 41.6 Å². The van der Waals surface area contributed by atoms with Crippen LogP contribution < -0.4 is 4.90 Å². The summed E-state index contributed by atoms with van der Waals surface area (Å²) in [7, 11) is -3.78. The Bertz CT molecular complexity index is 973. The average molecular weight is 474 g/mol. The molecule has 1 saturated heterocycles. The van der Waals surface area contributed by atoms with E-state index in [0.29, 0.717) is 29.1 Å². The predicted octanol–water partition coefficient (Wildman–Crippen LogP) is 0.360. The summed E-state index contributed by atoms with van der Waals surface area (Å²) in [6.45, 7) is 1.17. The van der Waals surface area contributed by atoms with Crippen molar-refractivity contribution in [1.82, 2.24) is 29.3 Å².